The first-order valence-corrected chi connectivity index (χ1v) is 9.24. The summed E-state index contributed by atoms with van der Waals surface area (Å²) in [5.74, 6) is 2.09. The van der Waals surface area contributed by atoms with Crippen LogP contribution in [-0.4, -0.2) is 23.0 Å². The van der Waals surface area contributed by atoms with E-state index in [-0.39, 0.29) is 24.4 Å². The monoisotopic (exact) mass is 361 g/mol. The number of aromatic nitrogens is 1. The lowest BCUT2D eigenvalue weighted by Gasteiger charge is -2.24. The second-order valence-corrected chi connectivity index (χ2v) is 7.60. The van der Waals surface area contributed by atoms with Gasteiger partial charge >= 0.3 is 0 Å². The molecule has 3 atom stereocenters. The molecule has 2 heterocycles. The number of carbonyl (C=O) groups excluding carboxylic acids is 1. The number of rotatable bonds is 3. The van der Waals surface area contributed by atoms with Crippen molar-refractivity contribution in [3.05, 3.63) is 24.1 Å². The third-order valence-corrected chi connectivity index (χ3v) is 5.78. The number of hydrogen-bond acceptors (Lipinski definition) is 4. The van der Waals surface area contributed by atoms with Crippen molar-refractivity contribution in [3.8, 4) is 0 Å². The second kappa shape index (κ2) is 6.61. The third-order valence-electron chi connectivity index (χ3n) is 5.78. The highest BCUT2D eigenvalue weighted by molar-refractivity contribution is 5.96. The maximum Gasteiger partial charge on any atom is 0.241 e. The van der Waals surface area contributed by atoms with Crippen LogP contribution in [0.2, 0.25) is 0 Å². The molecule has 1 aromatic carbocycles. The highest BCUT2D eigenvalue weighted by Crippen LogP contribution is 2.40. The third kappa shape index (κ3) is 3.27. The van der Waals surface area contributed by atoms with Gasteiger partial charge in [0.15, 0.2) is 11.5 Å². The molecule has 2 aliphatic carbocycles. The van der Waals surface area contributed by atoms with E-state index in [0.717, 1.165) is 29.1 Å². The summed E-state index contributed by atoms with van der Waals surface area (Å²) in [5.41, 5.74) is 2.44. The average molecular weight is 362 g/mol. The Bertz CT molecular complexity index is 772. The molecule has 134 valence electrons. The van der Waals surface area contributed by atoms with E-state index in [1.807, 2.05) is 18.2 Å². The number of carbonyl (C=O) groups is 1. The Morgan fingerprint density at radius 3 is 2.84 bits per heavy atom. The normalized spacial score (nSPS) is 28.4. The van der Waals surface area contributed by atoms with Gasteiger partial charge in [-0.25, -0.2) is 4.98 Å². The van der Waals surface area contributed by atoms with E-state index in [9.17, 15) is 4.79 Å². The Morgan fingerprint density at radius 1 is 1.20 bits per heavy atom. The molecule has 5 nitrogen and oxygen atoms in total. The van der Waals surface area contributed by atoms with Crippen LogP contribution in [0, 0.1) is 5.92 Å². The summed E-state index contributed by atoms with van der Waals surface area (Å²) in [7, 11) is 0. The molecule has 1 saturated heterocycles. The van der Waals surface area contributed by atoms with Crippen LogP contribution in [0.25, 0.3) is 11.1 Å². The molecular formula is C19H24ClN3O2. The summed E-state index contributed by atoms with van der Waals surface area (Å²) in [6.07, 6.45) is 8.37. The quantitative estimate of drug-likeness (QED) is 0.867. The zero-order valence-corrected chi connectivity index (χ0v) is 15.0. The highest BCUT2D eigenvalue weighted by Gasteiger charge is 2.38. The van der Waals surface area contributed by atoms with Gasteiger partial charge in [-0.2, -0.15) is 0 Å². The number of anilines is 1. The Balaban J connectivity index is 0.00000157. The van der Waals surface area contributed by atoms with Gasteiger partial charge in [0.25, 0.3) is 0 Å². The zero-order valence-electron chi connectivity index (χ0n) is 14.2. The molecule has 3 fully saturated rings. The molecule has 25 heavy (non-hydrogen) atoms. The summed E-state index contributed by atoms with van der Waals surface area (Å²) < 4.78 is 5.84. The molecule has 1 aliphatic heterocycles. The molecule has 0 spiro atoms. The Labute approximate surface area is 153 Å². The van der Waals surface area contributed by atoms with Crippen molar-refractivity contribution in [2.24, 2.45) is 5.92 Å². The summed E-state index contributed by atoms with van der Waals surface area (Å²) in [6, 6.07) is 6.22. The van der Waals surface area contributed by atoms with Crippen molar-refractivity contribution in [2.75, 3.05) is 5.32 Å². The van der Waals surface area contributed by atoms with E-state index in [0.29, 0.717) is 17.9 Å². The molecule has 6 heteroatoms. The fraction of sp³-hybridized carbons (Fsp3) is 0.579. The predicted molar refractivity (Wildman–Crippen MR) is 99.1 cm³/mol. The first-order chi connectivity index (χ1) is 11.8. The molecule has 2 aromatic rings. The van der Waals surface area contributed by atoms with Crippen molar-refractivity contribution in [1.29, 1.82) is 0 Å². The molecule has 2 N–H and O–H groups in total. The van der Waals surface area contributed by atoms with Gasteiger partial charge in [0.05, 0.1) is 6.04 Å². The van der Waals surface area contributed by atoms with E-state index in [1.54, 1.807) is 0 Å². The van der Waals surface area contributed by atoms with Crippen LogP contribution < -0.4 is 10.6 Å². The topological polar surface area (TPSA) is 67.2 Å². The Hall–Kier alpha value is -1.59. The molecule has 1 aromatic heterocycles. The van der Waals surface area contributed by atoms with Crippen LogP contribution >= 0.6 is 12.4 Å². The highest BCUT2D eigenvalue weighted by atomic mass is 35.5. The number of hydrogen-bond donors (Lipinski definition) is 2. The van der Waals surface area contributed by atoms with Crippen molar-refractivity contribution in [3.63, 3.8) is 0 Å². The predicted octanol–water partition coefficient (Wildman–Crippen LogP) is 3.99. The smallest absolute Gasteiger partial charge is 0.241 e. The number of nitrogens with one attached hydrogen (secondary N) is 2. The van der Waals surface area contributed by atoms with E-state index < -0.39 is 0 Å². The lowest BCUT2D eigenvalue weighted by molar-refractivity contribution is -0.117. The van der Waals surface area contributed by atoms with E-state index in [4.69, 9.17) is 4.42 Å². The fourth-order valence-corrected chi connectivity index (χ4v) is 4.28. The van der Waals surface area contributed by atoms with Crippen LogP contribution in [0.3, 0.4) is 0 Å². The molecule has 0 radical (unpaired) electrons. The van der Waals surface area contributed by atoms with Crippen molar-refractivity contribution < 1.29 is 9.21 Å². The van der Waals surface area contributed by atoms with Crippen molar-refractivity contribution in [2.45, 2.75) is 62.9 Å². The van der Waals surface area contributed by atoms with E-state index in [2.05, 4.69) is 15.6 Å². The van der Waals surface area contributed by atoms with Gasteiger partial charge in [0.2, 0.25) is 5.91 Å². The fourth-order valence-electron chi connectivity index (χ4n) is 4.28. The molecule has 3 aliphatic rings. The van der Waals surface area contributed by atoms with Gasteiger partial charge < -0.3 is 15.1 Å². The SMILES string of the molecule is Cl.O=C(Nc1ccc2nc(C3CC3)oc2c1)C1CC2CCCCC2N1. The molecule has 0 bridgehead atoms. The summed E-state index contributed by atoms with van der Waals surface area (Å²) in [4.78, 5) is 17.1. The summed E-state index contributed by atoms with van der Waals surface area (Å²) in [5, 5.41) is 6.58. The van der Waals surface area contributed by atoms with Crippen LogP contribution in [-0.2, 0) is 4.79 Å². The second-order valence-electron chi connectivity index (χ2n) is 7.60. The minimum Gasteiger partial charge on any atom is -0.440 e. The van der Waals surface area contributed by atoms with Gasteiger partial charge in [0, 0.05) is 23.7 Å². The summed E-state index contributed by atoms with van der Waals surface area (Å²) in [6.45, 7) is 0. The number of fused-ring (bicyclic) bond motifs is 2. The number of amides is 1. The van der Waals surface area contributed by atoms with Gasteiger partial charge in [-0.15, -0.1) is 12.4 Å². The van der Waals surface area contributed by atoms with E-state index >= 15 is 0 Å². The number of oxazole rings is 1. The first kappa shape index (κ1) is 16.9. The van der Waals surface area contributed by atoms with E-state index in [1.165, 1.54) is 38.5 Å². The summed E-state index contributed by atoms with van der Waals surface area (Å²) >= 11 is 0. The van der Waals surface area contributed by atoms with Crippen LogP contribution in [0.4, 0.5) is 5.69 Å². The lowest BCUT2D eigenvalue weighted by atomic mass is 9.85. The van der Waals surface area contributed by atoms with Gasteiger partial charge in [-0.3, -0.25) is 4.79 Å². The zero-order chi connectivity index (χ0) is 16.1. The molecule has 2 saturated carbocycles. The van der Waals surface area contributed by atoms with Crippen LogP contribution in [0.15, 0.2) is 22.6 Å². The number of nitrogens with zero attached hydrogens (tertiary/aromatic N) is 1. The lowest BCUT2D eigenvalue weighted by Crippen LogP contribution is -2.39. The van der Waals surface area contributed by atoms with Crippen LogP contribution in [0.1, 0.15) is 56.8 Å². The Kier molecular flexibility index (Phi) is 4.46. The van der Waals surface area contributed by atoms with Gasteiger partial charge in [0.1, 0.15) is 5.52 Å². The molecule has 3 unspecified atom stereocenters. The number of benzene rings is 1. The first-order valence-electron chi connectivity index (χ1n) is 9.24. The Morgan fingerprint density at radius 2 is 2.04 bits per heavy atom. The minimum absolute atomic E-state index is 0. The largest absolute Gasteiger partial charge is 0.440 e. The minimum atomic E-state index is -0.0643. The molecule has 1 amide bonds. The molecule has 5 rings (SSSR count). The van der Waals surface area contributed by atoms with Crippen LogP contribution in [0.5, 0.6) is 0 Å². The van der Waals surface area contributed by atoms with Crippen molar-refractivity contribution in [1.82, 2.24) is 10.3 Å². The number of halogens is 1. The maximum atomic E-state index is 12.6. The average Bonchev–Trinajstić information content (AvgIpc) is 3.20. The van der Waals surface area contributed by atoms with Gasteiger partial charge in [-0.05, 0) is 50.2 Å². The molecular weight excluding hydrogens is 338 g/mol. The van der Waals surface area contributed by atoms with Crippen molar-refractivity contribution >= 4 is 35.1 Å². The van der Waals surface area contributed by atoms with Gasteiger partial charge in [-0.1, -0.05) is 12.8 Å². The maximum absolute atomic E-state index is 12.6. The standard InChI is InChI=1S/C19H23N3O2.ClH/c23-18(16-9-12-3-1-2-4-14(12)21-16)20-13-7-8-15-17(10-13)24-19(22-15)11-5-6-11;/h7-8,10-12,14,16,21H,1-6,9H2,(H,20,23);1H.